The molecule has 0 bridgehead atoms. The van der Waals surface area contributed by atoms with Crippen molar-refractivity contribution in [1.82, 2.24) is 10.2 Å². The minimum Gasteiger partial charge on any atom is -0.497 e. The molecule has 1 saturated heterocycles. The maximum absolute atomic E-state index is 6.18. The van der Waals surface area contributed by atoms with Gasteiger partial charge in [0.2, 0.25) is 0 Å². The number of nitrogens with one attached hydrogen (secondary N) is 1. The second kappa shape index (κ2) is 7.40. The molecule has 0 aromatic rings. The van der Waals surface area contributed by atoms with Crippen LogP contribution in [-0.2, 0) is 9.47 Å². The number of methoxy groups -OCH3 is 1. The lowest BCUT2D eigenvalue weighted by Gasteiger charge is -2.36. The molecule has 1 saturated carbocycles. The van der Waals surface area contributed by atoms with Gasteiger partial charge in [0.25, 0.3) is 0 Å². The van der Waals surface area contributed by atoms with Crippen LogP contribution in [0.5, 0.6) is 0 Å². The third kappa shape index (κ3) is 3.60. The van der Waals surface area contributed by atoms with E-state index in [2.05, 4.69) is 23.2 Å². The van der Waals surface area contributed by atoms with Crippen LogP contribution in [0.25, 0.3) is 0 Å². The first-order valence-corrected chi connectivity index (χ1v) is 8.85. The zero-order chi connectivity index (χ0) is 15.4. The first-order chi connectivity index (χ1) is 10.8. The Hall–Kier alpha value is -1.16. The van der Waals surface area contributed by atoms with Gasteiger partial charge in [-0.25, -0.2) is 0 Å². The Bertz CT molecular complexity index is 432. The minimum absolute atomic E-state index is 0.506. The van der Waals surface area contributed by atoms with Crippen LogP contribution in [0, 0.1) is 11.8 Å². The van der Waals surface area contributed by atoms with Crippen molar-refractivity contribution in [3.8, 4) is 0 Å². The van der Waals surface area contributed by atoms with Crippen LogP contribution in [0.3, 0.4) is 0 Å². The predicted molar refractivity (Wildman–Crippen MR) is 88.3 cm³/mol. The first kappa shape index (κ1) is 15.7. The molecule has 124 valence electrons. The van der Waals surface area contributed by atoms with Crippen molar-refractivity contribution in [2.24, 2.45) is 11.8 Å². The highest BCUT2D eigenvalue weighted by Gasteiger charge is 2.27. The summed E-state index contributed by atoms with van der Waals surface area (Å²) in [6, 6.07) is 0. The molecule has 0 spiro atoms. The lowest BCUT2D eigenvalue weighted by molar-refractivity contribution is 0.139. The fraction of sp³-hybridized carbons (Fsp3) is 0.778. The molecule has 3 aliphatic rings. The fourth-order valence-corrected chi connectivity index (χ4v) is 3.86. The standard InChI is InChI=1S/C18H30N2O2/c1-14-11-17(21-2)18(22-13-15-5-3-4-6-15)12-16(14)20-9-7-19-8-10-20/h12,14-15,19H,3-11,13H2,1-2H3. The van der Waals surface area contributed by atoms with Gasteiger partial charge >= 0.3 is 0 Å². The zero-order valence-electron chi connectivity index (χ0n) is 14.1. The summed E-state index contributed by atoms with van der Waals surface area (Å²) in [6.45, 7) is 7.47. The number of nitrogens with zero attached hydrogens (tertiary/aromatic N) is 1. The van der Waals surface area contributed by atoms with E-state index in [1.807, 2.05) is 0 Å². The van der Waals surface area contributed by atoms with Crippen LogP contribution in [0.4, 0.5) is 0 Å². The van der Waals surface area contributed by atoms with Crippen LogP contribution in [-0.4, -0.2) is 44.8 Å². The monoisotopic (exact) mass is 306 g/mol. The lowest BCUT2D eigenvalue weighted by Crippen LogP contribution is -2.44. The molecule has 4 heteroatoms. The quantitative estimate of drug-likeness (QED) is 0.847. The van der Waals surface area contributed by atoms with Crippen LogP contribution in [0.15, 0.2) is 23.3 Å². The number of hydrogen-bond acceptors (Lipinski definition) is 4. The van der Waals surface area contributed by atoms with E-state index in [0.29, 0.717) is 5.92 Å². The van der Waals surface area contributed by atoms with Crippen molar-refractivity contribution in [2.45, 2.75) is 39.0 Å². The molecule has 2 fully saturated rings. The normalized spacial score (nSPS) is 27.1. The van der Waals surface area contributed by atoms with Crippen molar-refractivity contribution >= 4 is 0 Å². The maximum Gasteiger partial charge on any atom is 0.158 e. The topological polar surface area (TPSA) is 33.7 Å². The van der Waals surface area contributed by atoms with Crippen LogP contribution < -0.4 is 5.32 Å². The Kier molecular flexibility index (Phi) is 5.29. The highest BCUT2D eigenvalue weighted by Crippen LogP contribution is 2.33. The molecule has 4 nitrogen and oxygen atoms in total. The summed E-state index contributed by atoms with van der Waals surface area (Å²) in [6.07, 6.45) is 8.56. The molecule has 1 heterocycles. The summed E-state index contributed by atoms with van der Waals surface area (Å²) < 4.78 is 11.8. The van der Waals surface area contributed by atoms with Gasteiger partial charge < -0.3 is 19.7 Å². The molecule has 1 atom stereocenters. The van der Waals surface area contributed by atoms with Gasteiger partial charge in [-0.1, -0.05) is 19.8 Å². The summed E-state index contributed by atoms with van der Waals surface area (Å²) in [7, 11) is 1.77. The molecule has 22 heavy (non-hydrogen) atoms. The third-order valence-corrected chi connectivity index (χ3v) is 5.23. The number of piperazine rings is 1. The van der Waals surface area contributed by atoms with E-state index in [9.17, 15) is 0 Å². The molecule has 0 amide bonds. The summed E-state index contributed by atoms with van der Waals surface area (Å²) in [5.74, 6) is 3.23. The molecule has 0 aromatic carbocycles. The lowest BCUT2D eigenvalue weighted by atomic mass is 9.95. The van der Waals surface area contributed by atoms with Crippen LogP contribution in [0.1, 0.15) is 39.0 Å². The first-order valence-electron chi connectivity index (χ1n) is 8.85. The van der Waals surface area contributed by atoms with Gasteiger partial charge in [0.15, 0.2) is 5.76 Å². The van der Waals surface area contributed by atoms with E-state index in [1.54, 1.807) is 7.11 Å². The average molecular weight is 306 g/mol. The maximum atomic E-state index is 6.18. The molecule has 1 aliphatic heterocycles. The molecule has 0 radical (unpaired) electrons. The Balaban J connectivity index is 1.70. The van der Waals surface area contributed by atoms with E-state index in [-0.39, 0.29) is 0 Å². The molecular formula is C18H30N2O2. The fourth-order valence-electron chi connectivity index (χ4n) is 3.86. The van der Waals surface area contributed by atoms with E-state index in [1.165, 1.54) is 31.4 Å². The van der Waals surface area contributed by atoms with Crippen LogP contribution >= 0.6 is 0 Å². The van der Waals surface area contributed by atoms with E-state index in [0.717, 1.165) is 56.6 Å². The second-order valence-corrected chi connectivity index (χ2v) is 6.86. The number of hydrogen-bond donors (Lipinski definition) is 1. The Morgan fingerprint density at radius 2 is 1.95 bits per heavy atom. The van der Waals surface area contributed by atoms with Gasteiger partial charge in [-0.05, 0) is 18.8 Å². The summed E-state index contributed by atoms with van der Waals surface area (Å²) >= 11 is 0. The van der Waals surface area contributed by atoms with Gasteiger partial charge in [0.05, 0.1) is 13.7 Å². The Morgan fingerprint density at radius 3 is 2.64 bits per heavy atom. The zero-order valence-corrected chi connectivity index (χ0v) is 14.1. The highest BCUT2D eigenvalue weighted by molar-refractivity contribution is 5.28. The van der Waals surface area contributed by atoms with E-state index in [4.69, 9.17) is 9.47 Å². The van der Waals surface area contributed by atoms with Crippen molar-refractivity contribution in [3.05, 3.63) is 23.3 Å². The Labute approximate surface area is 134 Å². The Morgan fingerprint density at radius 1 is 1.23 bits per heavy atom. The van der Waals surface area contributed by atoms with Gasteiger partial charge in [-0.15, -0.1) is 0 Å². The molecular weight excluding hydrogens is 276 g/mol. The van der Waals surface area contributed by atoms with Crippen LogP contribution in [0.2, 0.25) is 0 Å². The number of ether oxygens (including phenoxy) is 2. The van der Waals surface area contributed by atoms with Gasteiger partial charge in [-0.3, -0.25) is 0 Å². The molecule has 1 unspecified atom stereocenters. The van der Waals surface area contributed by atoms with E-state index >= 15 is 0 Å². The third-order valence-electron chi connectivity index (χ3n) is 5.23. The van der Waals surface area contributed by atoms with Crippen molar-refractivity contribution < 1.29 is 9.47 Å². The summed E-state index contributed by atoms with van der Waals surface area (Å²) in [5, 5.41) is 3.43. The summed E-state index contributed by atoms with van der Waals surface area (Å²) in [5.41, 5.74) is 1.42. The van der Waals surface area contributed by atoms with Crippen molar-refractivity contribution in [3.63, 3.8) is 0 Å². The largest absolute Gasteiger partial charge is 0.497 e. The highest BCUT2D eigenvalue weighted by atomic mass is 16.5. The molecule has 3 rings (SSSR count). The van der Waals surface area contributed by atoms with Crippen molar-refractivity contribution in [1.29, 1.82) is 0 Å². The SMILES string of the molecule is COC1=C(OCC2CCCC2)C=C(N2CCNCC2)C(C)C1. The van der Waals surface area contributed by atoms with Gasteiger partial charge in [0, 0.05) is 50.3 Å². The smallest absolute Gasteiger partial charge is 0.158 e. The minimum atomic E-state index is 0.506. The molecule has 2 aliphatic carbocycles. The molecule has 0 aromatic heterocycles. The number of rotatable bonds is 5. The average Bonchev–Trinajstić information content (AvgIpc) is 3.07. The van der Waals surface area contributed by atoms with Gasteiger partial charge in [0.1, 0.15) is 5.76 Å². The predicted octanol–water partition coefficient (Wildman–Crippen LogP) is 2.88. The summed E-state index contributed by atoms with van der Waals surface area (Å²) in [4.78, 5) is 2.51. The number of allylic oxidation sites excluding steroid dienone is 3. The van der Waals surface area contributed by atoms with Crippen molar-refractivity contribution in [2.75, 3.05) is 39.9 Å². The molecule has 1 N–H and O–H groups in total. The van der Waals surface area contributed by atoms with Gasteiger partial charge in [-0.2, -0.15) is 0 Å². The van der Waals surface area contributed by atoms with E-state index < -0.39 is 0 Å². The second-order valence-electron chi connectivity index (χ2n) is 6.86.